The molecule has 1 saturated carbocycles. The van der Waals surface area contributed by atoms with Crippen molar-refractivity contribution in [2.45, 2.75) is 38.5 Å². The molecule has 14 heavy (non-hydrogen) atoms. The lowest BCUT2D eigenvalue weighted by molar-refractivity contribution is 0.0946. The molecule has 0 radical (unpaired) electrons. The molecule has 0 saturated heterocycles. The van der Waals surface area contributed by atoms with Crippen molar-refractivity contribution in [1.82, 2.24) is 9.97 Å². The summed E-state index contributed by atoms with van der Waals surface area (Å²) in [6.45, 7) is 0. The summed E-state index contributed by atoms with van der Waals surface area (Å²) < 4.78 is 0. The predicted octanol–water partition coefficient (Wildman–Crippen LogP) is 2.56. The van der Waals surface area contributed by atoms with Crippen LogP contribution in [0.1, 0.15) is 49.0 Å². The van der Waals surface area contributed by atoms with Crippen LogP contribution in [0.4, 0.5) is 0 Å². The Bertz CT molecular complexity index is 286. The lowest BCUT2D eigenvalue weighted by Crippen LogP contribution is -2.12. The molecule has 0 aromatic carbocycles. The number of aromatic amines is 1. The van der Waals surface area contributed by atoms with Gasteiger partial charge in [-0.25, -0.2) is 4.98 Å². The number of H-pyrrole nitrogens is 1. The van der Waals surface area contributed by atoms with Gasteiger partial charge in [-0.05, 0) is 5.92 Å². The van der Waals surface area contributed by atoms with Crippen molar-refractivity contribution >= 4 is 5.78 Å². The van der Waals surface area contributed by atoms with Crippen molar-refractivity contribution < 1.29 is 4.79 Å². The van der Waals surface area contributed by atoms with E-state index in [1.807, 2.05) is 0 Å². The number of rotatable bonds is 3. The van der Waals surface area contributed by atoms with Gasteiger partial charge in [-0.3, -0.25) is 4.79 Å². The molecule has 1 aliphatic carbocycles. The van der Waals surface area contributed by atoms with Gasteiger partial charge in [0, 0.05) is 6.42 Å². The summed E-state index contributed by atoms with van der Waals surface area (Å²) in [6, 6.07) is 0. The van der Waals surface area contributed by atoms with E-state index in [1.54, 1.807) is 12.5 Å². The Morgan fingerprint density at radius 2 is 2.21 bits per heavy atom. The first-order valence-electron chi connectivity index (χ1n) is 5.38. The molecule has 3 nitrogen and oxygen atoms in total. The van der Waals surface area contributed by atoms with E-state index in [9.17, 15) is 4.79 Å². The van der Waals surface area contributed by atoms with Crippen LogP contribution in [0.25, 0.3) is 0 Å². The van der Waals surface area contributed by atoms with Crippen molar-refractivity contribution in [3.8, 4) is 0 Å². The molecule has 0 amide bonds. The number of hydrogen-bond acceptors (Lipinski definition) is 2. The molecule has 0 bridgehead atoms. The number of hydrogen-bond donors (Lipinski definition) is 1. The van der Waals surface area contributed by atoms with E-state index in [0.29, 0.717) is 18.0 Å². The Morgan fingerprint density at radius 1 is 1.43 bits per heavy atom. The summed E-state index contributed by atoms with van der Waals surface area (Å²) >= 11 is 0. The van der Waals surface area contributed by atoms with Gasteiger partial charge in [0.25, 0.3) is 0 Å². The lowest BCUT2D eigenvalue weighted by Gasteiger charge is -2.20. The molecule has 1 aromatic heterocycles. The fourth-order valence-corrected chi connectivity index (χ4v) is 2.17. The highest BCUT2D eigenvalue weighted by Crippen LogP contribution is 2.27. The summed E-state index contributed by atoms with van der Waals surface area (Å²) in [5.41, 5.74) is 0.663. The average Bonchev–Trinajstić information content (AvgIpc) is 2.72. The van der Waals surface area contributed by atoms with Gasteiger partial charge in [0.05, 0.1) is 12.5 Å². The number of imidazole rings is 1. The van der Waals surface area contributed by atoms with Gasteiger partial charge < -0.3 is 4.98 Å². The van der Waals surface area contributed by atoms with E-state index in [-0.39, 0.29) is 5.78 Å². The zero-order chi connectivity index (χ0) is 9.80. The Balaban J connectivity index is 1.87. The van der Waals surface area contributed by atoms with Crippen molar-refractivity contribution in [3.05, 3.63) is 18.2 Å². The molecular formula is C11H16N2O. The summed E-state index contributed by atoms with van der Waals surface area (Å²) in [7, 11) is 0. The van der Waals surface area contributed by atoms with Gasteiger partial charge in [0.1, 0.15) is 5.69 Å². The lowest BCUT2D eigenvalue weighted by atomic mass is 9.85. The molecule has 76 valence electrons. The third kappa shape index (κ3) is 2.22. The summed E-state index contributed by atoms with van der Waals surface area (Å²) in [6.07, 6.45) is 10.2. The second-order valence-corrected chi connectivity index (χ2v) is 4.10. The third-order valence-electron chi connectivity index (χ3n) is 3.00. The minimum Gasteiger partial charge on any atom is -0.342 e. The van der Waals surface area contributed by atoms with Crippen molar-refractivity contribution in [3.63, 3.8) is 0 Å². The van der Waals surface area contributed by atoms with Crippen molar-refractivity contribution in [2.24, 2.45) is 5.92 Å². The molecule has 1 aromatic rings. The van der Waals surface area contributed by atoms with E-state index in [1.165, 1.54) is 32.1 Å². The Morgan fingerprint density at radius 3 is 2.86 bits per heavy atom. The second-order valence-electron chi connectivity index (χ2n) is 4.10. The Labute approximate surface area is 83.9 Å². The van der Waals surface area contributed by atoms with Crippen LogP contribution in [0.3, 0.4) is 0 Å². The molecule has 0 aliphatic heterocycles. The number of carbonyl (C=O) groups excluding carboxylic acids is 1. The number of Topliss-reactive ketones (excluding diaryl/α,β-unsaturated/α-hetero) is 1. The van der Waals surface area contributed by atoms with E-state index < -0.39 is 0 Å². The molecule has 1 fully saturated rings. The standard InChI is InChI=1S/C11H16N2O/c14-11(10-7-12-8-13-10)6-9-4-2-1-3-5-9/h7-9H,1-6H2,(H,12,13). The molecule has 2 rings (SSSR count). The van der Waals surface area contributed by atoms with Crippen molar-refractivity contribution in [1.29, 1.82) is 0 Å². The number of aromatic nitrogens is 2. The van der Waals surface area contributed by atoms with Crippen LogP contribution >= 0.6 is 0 Å². The normalized spacial score (nSPS) is 18.3. The number of carbonyl (C=O) groups is 1. The van der Waals surface area contributed by atoms with Crippen LogP contribution in [0, 0.1) is 5.92 Å². The zero-order valence-corrected chi connectivity index (χ0v) is 8.33. The minimum atomic E-state index is 0.217. The summed E-state index contributed by atoms with van der Waals surface area (Å²) in [5.74, 6) is 0.828. The van der Waals surface area contributed by atoms with E-state index in [4.69, 9.17) is 0 Å². The molecule has 1 aliphatic rings. The zero-order valence-electron chi connectivity index (χ0n) is 8.33. The molecule has 1 N–H and O–H groups in total. The average molecular weight is 192 g/mol. The molecule has 0 atom stereocenters. The van der Waals surface area contributed by atoms with Crippen LogP contribution in [0.5, 0.6) is 0 Å². The maximum atomic E-state index is 11.7. The molecule has 3 heteroatoms. The van der Waals surface area contributed by atoms with E-state index >= 15 is 0 Å². The van der Waals surface area contributed by atoms with Crippen LogP contribution in [-0.4, -0.2) is 15.8 Å². The van der Waals surface area contributed by atoms with Crippen molar-refractivity contribution in [2.75, 3.05) is 0 Å². The fraction of sp³-hybridized carbons (Fsp3) is 0.636. The van der Waals surface area contributed by atoms with Crippen LogP contribution in [-0.2, 0) is 0 Å². The molecule has 0 unspecified atom stereocenters. The first-order chi connectivity index (χ1) is 6.86. The highest BCUT2D eigenvalue weighted by atomic mass is 16.1. The molecular weight excluding hydrogens is 176 g/mol. The second kappa shape index (κ2) is 4.40. The van der Waals surface area contributed by atoms with Gasteiger partial charge in [0.15, 0.2) is 5.78 Å². The quantitative estimate of drug-likeness (QED) is 0.748. The maximum absolute atomic E-state index is 11.7. The monoisotopic (exact) mass is 192 g/mol. The smallest absolute Gasteiger partial charge is 0.180 e. The minimum absolute atomic E-state index is 0.217. The highest BCUT2D eigenvalue weighted by molar-refractivity contribution is 5.94. The van der Waals surface area contributed by atoms with Crippen LogP contribution < -0.4 is 0 Å². The van der Waals surface area contributed by atoms with Gasteiger partial charge in [-0.15, -0.1) is 0 Å². The number of ketones is 1. The SMILES string of the molecule is O=C(CC1CCCCC1)c1cnc[nH]1. The van der Waals surface area contributed by atoms with E-state index in [0.717, 1.165) is 0 Å². The van der Waals surface area contributed by atoms with Crippen LogP contribution in [0.15, 0.2) is 12.5 Å². The summed E-state index contributed by atoms with van der Waals surface area (Å²) in [5, 5.41) is 0. The van der Waals surface area contributed by atoms with Gasteiger partial charge in [-0.1, -0.05) is 32.1 Å². The third-order valence-corrected chi connectivity index (χ3v) is 3.00. The number of nitrogens with zero attached hydrogens (tertiary/aromatic N) is 1. The topological polar surface area (TPSA) is 45.8 Å². The van der Waals surface area contributed by atoms with Crippen LogP contribution in [0.2, 0.25) is 0 Å². The highest BCUT2D eigenvalue weighted by Gasteiger charge is 2.18. The fourth-order valence-electron chi connectivity index (χ4n) is 2.17. The number of nitrogens with one attached hydrogen (secondary N) is 1. The summed E-state index contributed by atoms with van der Waals surface area (Å²) in [4.78, 5) is 18.4. The first kappa shape index (κ1) is 9.44. The Kier molecular flexibility index (Phi) is 2.96. The van der Waals surface area contributed by atoms with Gasteiger partial charge in [0.2, 0.25) is 0 Å². The van der Waals surface area contributed by atoms with Gasteiger partial charge >= 0.3 is 0 Å². The largest absolute Gasteiger partial charge is 0.342 e. The predicted molar refractivity (Wildman–Crippen MR) is 54.1 cm³/mol. The maximum Gasteiger partial charge on any atom is 0.180 e. The molecule has 1 heterocycles. The van der Waals surface area contributed by atoms with E-state index in [2.05, 4.69) is 9.97 Å². The first-order valence-corrected chi connectivity index (χ1v) is 5.38. The van der Waals surface area contributed by atoms with Gasteiger partial charge in [-0.2, -0.15) is 0 Å². The molecule has 0 spiro atoms. The Hall–Kier alpha value is -1.12.